The quantitative estimate of drug-likeness (QED) is 0.660. The third-order valence-electron chi connectivity index (χ3n) is 3.07. The second-order valence-corrected chi connectivity index (χ2v) is 4.69. The third kappa shape index (κ3) is 5.20. The highest BCUT2D eigenvalue weighted by atomic mass is 16.5. The molecule has 0 spiro atoms. The van der Waals surface area contributed by atoms with Gasteiger partial charge in [0.05, 0.1) is 18.4 Å². The van der Waals surface area contributed by atoms with Gasteiger partial charge in [-0.1, -0.05) is 13.3 Å². The number of methoxy groups -OCH3 is 1. The number of aromatic nitrogens is 2. The number of rotatable bonds is 10. The first-order valence-electron chi connectivity index (χ1n) is 7.05. The van der Waals surface area contributed by atoms with Crippen LogP contribution in [0.2, 0.25) is 0 Å². The molecule has 0 saturated carbocycles. The number of unbranched alkanes of at least 4 members (excludes halogenated alkanes) is 1. The molecule has 0 aromatic carbocycles. The highest BCUT2D eigenvalue weighted by Crippen LogP contribution is 2.20. The Labute approximate surface area is 116 Å². The number of aryl methyl sites for hydroxylation is 2. The van der Waals surface area contributed by atoms with E-state index in [1.54, 1.807) is 11.8 Å². The van der Waals surface area contributed by atoms with Crippen LogP contribution in [0.15, 0.2) is 0 Å². The van der Waals surface area contributed by atoms with Crippen LogP contribution in [0.5, 0.6) is 5.88 Å². The van der Waals surface area contributed by atoms with Gasteiger partial charge in [-0.05, 0) is 26.3 Å². The van der Waals surface area contributed by atoms with E-state index in [1.807, 2.05) is 14.0 Å². The van der Waals surface area contributed by atoms with E-state index < -0.39 is 0 Å². The second-order valence-electron chi connectivity index (χ2n) is 4.69. The lowest BCUT2D eigenvalue weighted by molar-refractivity contribution is 0.128. The van der Waals surface area contributed by atoms with Crippen LogP contribution >= 0.6 is 0 Å². The molecule has 1 N–H and O–H groups in total. The molecule has 0 saturated heterocycles. The first kappa shape index (κ1) is 16.0. The van der Waals surface area contributed by atoms with Crippen molar-refractivity contribution >= 4 is 0 Å². The van der Waals surface area contributed by atoms with Gasteiger partial charge in [0.15, 0.2) is 0 Å². The Hall–Kier alpha value is -1.07. The minimum Gasteiger partial charge on any atom is -0.481 e. The Balaban J connectivity index is 2.19. The Kier molecular flexibility index (Phi) is 7.52. The number of nitrogens with zero attached hydrogens (tertiary/aromatic N) is 2. The van der Waals surface area contributed by atoms with Crippen molar-refractivity contribution in [3.63, 3.8) is 0 Å². The van der Waals surface area contributed by atoms with Gasteiger partial charge in [-0.3, -0.25) is 0 Å². The van der Waals surface area contributed by atoms with E-state index >= 15 is 0 Å². The summed E-state index contributed by atoms with van der Waals surface area (Å²) in [6.45, 7) is 7.63. The monoisotopic (exact) mass is 269 g/mol. The van der Waals surface area contributed by atoms with Crippen molar-refractivity contribution in [1.29, 1.82) is 0 Å². The Bertz CT molecular complexity index is 364. The van der Waals surface area contributed by atoms with E-state index in [1.165, 1.54) is 6.42 Å². The molecule has 5 nitrogen and oxygen atoms in total. The summed E-state index contributed by atoms with van der Waals surface area (Å²) in [7, 11) is 3.58. The highest BCUT2D eigenvalue weighted by molar-refractivity contribution is 5.30. The van der Waals surface area contributed by atoms with Crippen molar-refractivity contribution in [1.82, 2.24) is 15.1 Å². The SMILES string of the molecule is CCCCOCCCNCc1c(C)nn(C)c1OC. The summed E-state index contributed by atoms with van der Waals surface area (Å²) in [5, 5.41) is 7.77. The lowest BCUT2D eigenvalue weighted by Crippen LogP contribution is -2.17. The van der Waals surface area contributed by atoms with Crippen LogP contribution in [0, 0.1) is 6.92 Å². The number of hydrogen-bond donors (Lipinski definition) is 1. The molecule has 0 aliphatic heterocycles. The first-order chi connectivity index (χ1) is 9.20. The summed E-state index contributed by atoms with van der Waals surface area (Å²) in [6, 6.07) is 0. The van der Waals surface area contributed by atoms with Gasteiger partial charge >= 0.3 is 0 Å². The molecular formula is C14H27N3O2. The van der Waals surface area contributed by atoms with E-state index in [0.717, 1.165) is 56.3 Å². The molecule has 19 heavy (non-hydrogen) atoms. The molecule has 1 rings (SSSR count). The summed E-state index contributed by atoms with van der Waals surface area (Å²) in [6.07, 6.45) is 3.38. The maximum atomic E-state index is 5.52. The number of nitrogens with one attached hydrogen (secondary N) is 1. The van der Waals surface area contributed by atoms with Crippen LogP contribution in [0.4, 0.5) is 0 Å². The smallest absolute Gasteiger partial charge is 0.216 e. The van der Waals surface area contributed by atoms with Crippen LogP contribution in [0.1, 0.15) is 37.4 Å². The zero-order chi connectivity index (χ0) is 14.1. The molecule has 0 radical (unpaired) electrons. The molecule has 0 unspecified atom stereocenters. The average molecular weight is 269 g/mol. The van der Waals surface area contributed by atoms with Crippen molar-refractivity contribution in [3.8, 4) is 5.88 Å². The van der Waals surface area contributed by atoms with Gasteiger partial charge in [-0.25, -0.2) is 4.68 Å². The fourth-order valence-electron chi connectivity index (χ4n) is 2.00. The molecule has 0 fully saturated rings. The van der Waals surface area contributed by atoms with Crippen LogP contribution in [0.3, 0.4) is 0 Å². The summed E-state index contributed by atoms with van der Waals surface area (Å²) in [5.41, 5.74) is 2.16. The summed E-state index contributed by atoms with van der Waals surface area (Å²) in [4.78, 5) is 0. The lowest BCUT2D eigenvalue weighted by Gasteiger charge is -2.07. The second kappa shape index (κ2) is 8.93. The van der Waals surface area contributed by atoms with Crippen molar-refractivity contribution in [2.45, 2.75) is 39.7 Å². The summed E-state index contributed by atoms with van der Waals surface area (Å²) < 4.78 is 12.7. The van der Waals surface area contributed by atoms with Crippen LogP contribution < -0.4 is 10.1 Å². The van der Waals surface area contributed by atoms with E-state index in [0.29, 0.717) is 0 Å². The standard InChI is InChI=1S/C14H27N3O2/c1-5-6-9-19-10-7-8-15-11-13-12(2)16-17(3)14(13)18-4/h15H,5-11H2,1-4H3. The summed E-state index contributed by atoms with van der Waals surface area (Å²) >= 11 is 0. The minimum atomic E-state index is 0.789. The zero-order valence-electron chi connectivity index (χ0n) is 12.7. The fraction of sp³-hybridized carbons (Fsp3) is 0.786. The summed E-state index contributed by atoms with van der Waals surface area (Å²) in [5.74, 6) is 0.837. The molecule has 0 atom stereocenters. The molecule has 5 heteroatoms. The zero-order valence-corrected chi connectivity index (χ0v) is 12.7. The van der Waals surface area contributed by atoms with Gasteiger partial charge in [-0.15, -0.1) is 0 Å². The van der Waals surface area contributed by atoms with Crippen LogP contribution in [-0.2, 0) is 18.3 Å². The van der Waals surface area contributed by atoms with E-state index in [9.17, 15) is 0 Å². The van der Waals surface area contributed by atoms with Crippen molar-refractivity contribution in [2.24, 2.45) is 7.05 Å². The normalized spacial score (nSPS) is 10.9. The molecular weight excluding hydrogens is 242 g/mol. The van der Waals surface area contributed by atoms with Crippen LogP contribution in [-0.4, -0.2) is 36.6 Å². The number of hydrogen-bond acceptors (Lipinski definition) is 4. The predicted octanol–water partition coefficient (Wildman–Crippen LogP) is 2.03. The molecule has 1 heterocycles. The average Bonchev–Trinajstić information content (AvgIpc) is 2.66. The van der Waals surface area contributed by atoms with E-state index in [4.69, 9.17) is 9.47 Å². The van der Waals surface area contributed by atoms with Gasteiger partial charge in [0.25, 0.3) is 0 Å². The lowest BCUT2D eigenvalue weighted by atomic mass is 10.2. The fourth-order valence-corrected chi connectivity index (χ4v) is 2.00. The predicted molar refractivity (Wildman–Crippen MR) is 76.5 cm³/mol. The Morgan fingerprint density at radius 1 is 1.26 bits per heavy atom. The van der Waals surface area contributed by atoms with E-state index in [2.05, 4.69) is 17.3 Å². The minimum absolute atomic E-state index is 0.789. The highest BCUT2D eigenvalue weighted by Gasteiger charge is 2.12. The topological polar surface area (TPSA) is 48.3 Å². The maximum Gasteiger partial charge on any atom is 0.216 e. The van der Waals surface area contributed by atoms with E-state index in [-0.39, 0.29) is 0 Å². The molecule has 0 bridgehead atoms. The molecule has 0 aliphatic carbocycles. The van der Waals surface area contributed by atoms with Crippen molar-refractivity contribution in [3.05, 3.63) is 11.3 Å². The molecule has 0 aliphatic rings. The van der Waals surface area contributed by atoms with Gasteiger partial charge in [0, 0.05) is 26.8 Å². The third-order valence-corrected chi connectivity index (χ3v) is 3.07. The van der Waals surface area contributed by atoms with Crippen molar-refractivity contribution in [2.75, 3.05) is 26.9 Å². The number of ether oxygens (including phenoxy) is 2. The molecule has 110 valence electrons. The van der Waals surface area contributed by atoms with Gasteiger partial charge < -0.3 is 14.8 Å². The molecule has 1 aromatic heterocycles. The Morgan fingerprint density at radius 3 is 2.68 bits per heavy atom. The van der Waals surface area contributed by atoms with Gasteiger partial charge in [0.1, 0.15) is 0 Å². The Morgan fingerprint density at radius 2 is 2.00 bits per heavy atom. The van der Waals surface area contributed by atoms with Crippen LogP contribution in [0.25, 0.3) is 0 Å². The van der Waals surface area contributed by atoms with Gasteiger partial charge in [0.2, 0.25) is 5.88 Å². The van der Waals surface area contributed by atoms with Gasteiger partial charge in [-0.2, -0.15) is 5.10 Å². The molecule has 0 amide bonds. The van der Waals surface area contributed by atoms with Crippen molar-refractivity contribution < 1.29 is 9.47 Å². The molecule has 1 aromatic rings. The first-order valence-corrected chi connectivity index (χ1v) is 7.05. The maximum absolute atomic E-state index is 5.52. The largest absolute Gasteiger partial charge is 0.481 e.